The molecule has 3 heterocycles. The van der Waals surface area contributed by atoms with Crippen LogP contribution in [-0.2, 0) is 4.79 Å². The lowest BCUT2D eigenvalue weighted by Gasteiger charge is -2.42. The Morgan fingerprint density at radius 1 is 0.871 bits per heavy atom. The van der Waals surface area contributed by atoms with Crippen LogP contribution < -0.4 is 0 Å². The molecule has 31 heavy (non-hydrogen) atoms. The Bertz CT molecular complexity index is 765. The van der Waals surface area contributed by atoms with Crippen molar-refractivity contribution in [3.63, 3.8) is 0 Å². The van der Waals surface area contributed by atoms with Crippen LogP contribution in [0.3, 0.4) is 0 Å². The highest BCUT2D eigenvalue weighted by atomic mass is 19.1. The van der Waals surface area contributed by atoms with Crippen LogP contribution in [0.1, 0.15) is 43.0 Å². The minimum atomic E-state index is -0.447. The van der Waals surface area contributed by atoms with Crippen molar-refractivity contribution in [1.82, 2.24) is 19.6 Å². The first-order valence-corrected chi connectivity index (χ1v) is 11.9. The number of hydrogen-bond donors (Lipinski definition) is 0. The number of rotatable bonds is 4. The molecule has 4 rings (SSSR count). The van der Waals surface area contributed by atoms with Gasteiger partial charge >= 0.3 is 0 Å². The fourth-order valence-electron chi connectivity index (χ4n) is 5.29. The smallest absolute Gasteiger partial charge is 0.256 e. The second-order valence-corrected chi connectivity index (χ2v) is 9.07. The monoisotopic (exact) mass is 430 g/mol. The number of nitrogens with zero attached hydrogens (tertiary/aromatic N) is 4. The van der Waals surface area contributed by atoms with E-state index < -0.39 is 5.82 Å². The summed E-state index contributed by atoms with van der Waals surface area (Å²) < 4.78 is 13.9. The summed E-state index contributed by atoms with van der Waals surface area (Å²) >= 11 is 0. The molecule has 0 atom stereocenters. The minimum Gasteiger partial charge on any atom is -0.340 e. The van der Waals surface area contributed by atoms with E-state index in [4.69, 9.17) is 0 Å². The van der Waals surface area contributed by atoms with Gasteiger partial charge in [-0.3, -0.25) is 9.59 Å². The Balaban J connectivity index is 1.22. The fourth-order valence-corrected chi connectivity index (χ4v) is 5.29. The Morgan fingerprint density at radius 2 is 1.52 bits per heavy atom. The standard InChI is InChI=1S/C24H35FN4O2/c1-2-26-15-17-29(18-16-26)23(30)19-7-11-27(12-8-19)20-9-13-28(14-10-20)24(31)21-5-3-4-6-22(21)25/h3-6,19-20H,2,7-18H2,1H3. The molecule has 3 saturated heterocycles. The summed E-state index contributed by atoms with van der Waals surface area (Å²) in [6.45, 7) is 10.2. The van der Waals surface area contributed by atoms with Crippen molar-refractivity contribution in [2.45, 2.75) is 38.6 Å². The molecular weight excluding hydrogens is 395 g/mol. The number of piperidine rings is 2. The van der Waals surface area contributed by atoms with E-state index in [1.165, 1.54) is 6.07 Å². The summed E-state index contributed by atoms with van der Waals surface area (Å²) in [6, 6.07) is 6.67. The third-order valence-corrected chi connectivity index (χ3v) is 7.38. The minimum absolute atomic E-state index is 0.159. The van der Waals surface area contributed by atoms with E-state index >= 15 is 0 Å². The van der Waals surface area contributed by atoms with Gasteiger partial charge < -0.3 is 19.6 Å². The largest absolute Gasteiger partial charge is 0.340 e. The van der Waals surface area contributed by atoms with E-state index in [1.807, 2.05) is 0 Å². The number of halogens is 1. The van der Waals surface area contributed by atoms with E-state index in [9.17, 15) is 14.0 Å². The third kappa shape index (κ3) is 5.09. The van der Waals surface area contributed by atoms with Gasteiger partial charge in [0.05, 0.1) is 5.56 Å². The number of likely N-dealkylation sites (N-methyl/N-ethyl adjacent to an activating group) is 1. The van der Waals surface area contributed by atoms with Gasteiger partial charge in [-0.25, -0.2) is 4.39 Å². The second kappa shape index (κ2) is 10.1. The molecule has 3 fully saturated rings. The van der Waals surface area contributed by atoms with Crippen LogP contribution in [0, 0.1) is 11.7 Å². The van der Waals surface area contributed by atoms with Crippen molar-refractivity contribution in [1.29, 1.82) is 0 Å². The van der Waals surface area contributed by atoms with Gasteiger partial charge in [-0.2, -0.15) is 0 Å². The lowest BCUT2D eigenvalue weighted by Crippen LogP contribution is -2.53. The topological polar surface area (TPSA) is 47.1 Å². The van der Waals surface area contributed by atoms with Gasteiger partial charge in [-0.1, -0.05) is 19.1 Å². The first-order valence-electron chi connectivity index (χ1n) is 11.9. The lowest BCUT2D eigenvalue weighted by molar-refractivity contribution is -0.139. The summed E-state index contributed by atoms with van der Waals surface area (Å²) in [5.41, 5.74) is 0.167. The summed E-state index contributed by atoms with van der Waals surface area (Å²) in [4.78, 5) is 34.3. The number of piperazine rings is 1. The lowest BCUT2D eigenvalue weighted by atomic mass is 9.92. The molecule has 0 spiro atoms. The van der Waals surface area contributed by atoms with Crippen LogP contribution >= 0.6 is 0 Å². The van der Waals surface area contributed by atoms with Gasteiger partial charge in [-0.05, 0) is 57.5 Å². The molecule has 0 radical (unpaired) electrons. The maximum atomic E-state index is 13.9. The van der Waals surface area contributed by atoms with Crippen molar-refractivity contribution in [3.05, 3.63) is 35.6 Å². The maximum Gasteiger partial charge on any atom is 0.256 e. The number of likely N-dealkylation sites (tertiary alicyclic amines) is 2. The number of benzene rings is 1. The van der Waals surface area contributed by atoms with E-state index in [-0.39, 0.29) is 17.4 Å². The van der Waals surface area contributed by atoms with Crippen molar-refractivity contribution in [2.75, 3.05) is 58.9 Å². The molecule has 0 saturated carbocycles. The van der Waals surface area contributed by atoms with Crippen molar-refractivity contribution in [3.8, 4) is 0 Å². The summed E-state index contributed by atoms with van der Waals surface area (Å²) in [7, 11) is 0. The molecule has 1 aromatic carbocycles. The first kappa shape index (κ1) is 22.2. The zero-order chi connectivity index (χ0) is 21.8. The highest BCUT2D eigenvalue weighted by Crippen LogP contribution is 2.26. The second-order valence-electron chi connectivity index (χ2n) is 9.07. The number of amides is 2. The van der Waals surface area contributed by atoms with Gasteiger partial charge in [0, 0.05) is 51.2 Å². The van der Waals surface area contributed by atoms with E-state index in [1.54, 1.807) is 23.1 Å². The summed E-state index contributed by atoms with van der Waals surface area (Å²) in [5, 5.41) is 0. The van der Waals surface area contributed by atoms with Gasteiger partial charge in [0.25, 0.3) is 5.91 Å². The van der Waals surface area contributed by atoms with Crippen LogP contribution in [0.5, 0.6) is 0 Å². The highest BCUT2D eigenvalue weighted by molar-refractivity contribution is 5.94. The summed E-state index contributed by atoms with van der Waals surface area (Å²) in [6.07, 6.45) is 3.69. The molecule has 0 unspecified atom stereocenters. The van der Waals surface area contributed by atoms with Gasteiger partial charge in [0.2, 0.25) is 5.91 Å². The van der Waals surface area contributed by atoms with Gasteiger partial charge in [-0.15, -0.1) is 0 Å². The Kier molecular flexibility index (Phi) is 7.23. The molecule has 0 N–H and O–H groups in total. The molecule has 0 aromatic heterocycles. The zero-order valence-electron chi connectivity index (χ0n) is 18.6. The normalized spacial score (nSPS) is 22.6. The predicted octanol–water partition coefficient (Wildman–Crippen LogP) is 2.31. The SMILES string of the molecule is CCN1CCN(C(=O)C2CCN(C3CCN(C(=O)c4ccccc4F)CC3)CC2)CC1. The Morgan fingerprint density at radius 3 is 2.13 bits per heavy atom. The van der Waals surface area contributed by atoms with Crippen molar-refractivity contribution in [2.24, 2.45) is 5.92 Å². The number of hydrogen-bond acceptors (Lipinski definition) is 4. The molecule has 6 nitrogen and oxygen atoms in total. The van der Waals surface area contributed by atoms with Crippen LogP contribution in [0.4, 0.5) is 4.39 Å². The van der Waals surface area contributed by atoms with Crippen LogP contribution in [-0.4, -0.2) is 96.4 Å². The van der Waals surface area contributed by atoms with E-state index in [2.05, 4.69) is 21.6 Å². The quantitative estimate of drug-likeness (QED) is 0.736. The van der Waals surface area contributed by atoms with Crippen molar-refractivity contribution < 1.29 is 14.0 Å². The predicted molar refractivity (Wildman–Crippen MR) is 118 cm³/mol. The molecular formula is C24H35FN4O2. The molecule has 170 valence electrons. The third-order valence-electron chi connectivity index (χ3n) is 7.38. The Hall–Kier alpha value is -1.99. The molecule has 0 aliphatic carbocycles. The van der Waals surface area contributed by atoms with Crippen LogP contribution in [0.25, 0.3) is 0 Å². The summed E-state index contributed by atoms with van der Waals surface area (Å²) in [5.74, 6) is -0.144. The van der Waals surface area contributed by atoms with Crippen LogP contribution in [0.2, 0.25) is 0 Å². The number of carbonyl (C=O) groups is 2. The Labute approximate surface area is 185 Å². The van der Waals surface area contributed by atoms with Crippen LogP contribution in [0.15, 0.2) is 24.3 Å². The molecule has 2 amide bonds. The molecule has 3 aliphatic heterocycles. The average molecular weight is 431 g/mol. The van der Waals surface area contributed by atoms with Crippen molar-refractivity contribution >= 4 is 11.8 Å². The molecule has 3 aliphatic rings. The molecule has 0 bridgehead atoms. The average Bonchev–Trinajstić information content (AvgIpc) is 2.84. The van der Waals surface area contributed by atoms with Gasteiger partial charge in [0.15, 0.2) is 0 Å². The van der Waals surface area contributed by atoms with E-state index in [0.717, 1.165) is 71.5 Å². The highest BCUT2D eigenvalue weighted by Gasteiger charge is 2.34. The van der Waals surface area contributed by atoms with E-state index in [0.29, 0.717) is 25.0 Å². The fraction of sp³-hybridized carbons (Fsp3) is 0.667. The first-order chi connectivity index (χ1) is 15.1. The van der Waals surface area contributed by atoms with Gasteiger partial charge in [0.1, 0.15) is 5.82 Å². The molecule has 1 aromatic rings. The zero-order valence-corrected chi connectivity index (χ0v) is 18.6. The maximum absolute atomic E-state index is 13.9. The molecule has 7 heteroatoms. The number of carbonyl (C=O) groups excluding carboxylic acids is 2.